The van der Waals surface area contributed by atoms with Crippen molar-refractivity contribution in [2.75, 3.05) is 11.9 Å². The maximum Gasteiger partial charge on any atom is 0.326 e. The molecule has 0 amide bonds. The molecule has 0 heterocycles. The number of non-ortho nitro benzene ring substituents is 1. The van der Waals surface area contributed by atoms with Gasteiger partial charge in [-0.15, -0.1) is 0 Å². The summed E-state index contributed by atoms with van der Waals surface area (Å²) in [5.41, 5.74) is -0.191. The first kappa shape index (κ1) is 16.2. The van der Waals surface area contributed by atoms with Crippen LogP contribution in [0.25, 0.3) is 0 Å². The summed E-state index contributed by atoms with van der Waals surface area (Å²) in [7, 11) is 0. The van der Waals surface area contributed by atoms with Gasteiger partial charge in [-0.3, -0.25) is 14.9 Å². The lowest BCUT2D eigenvalue weighted by Crippen LogP contribution is -2.31. The number of carbonyl (C=O) groups is 2. The van der Waals surface area contributed by atoms with E-state index in [0.29, 0.717) is 0 Å². The zero-order valence-corrected chi connectivity index (χ0v) is 11.1. The molecule has 0 aliphatic rings. The first-order chi connectivity index (χ1) is 9.83. The number of nitrogens with zero attached hydrogens (tertiary/aromatic N) is 1. The Balaban J connectivity index is 3.06. The van der Waals surface area contributed by atoms with Crippen LogP contribution >= 0.6 is 0 Å². The number of carboxylic acid groups (broad SMARTS) is 2. The number of rotatable bonds is 8. The number of nitro benzene ring substituents is 1. The fourth-order valence-corrected chi connectivity index (χ4v) is 1.60. The Labute approximate surface area is 119 Å². The van der Waals surface area contributed by atoms with Crippen LogP contribution in [0, 0.1) is 10.1 Å². The smallest absolute Gasteiger partial charge is 0.326 e. The number of ether oxygens (including phenoxy) is 1. The van der Waals surface area contributed by atoms with E-state index < -0.39 is 29.3 Å². The first-order valence-electron chi connectivity index (χ1n) is 5.97. The van der Waals surface area contributed by atoms with E-state index in [2.05, 4.69) is 5.32 Å². The largest absolute Gasteiger partial charge is 0.494 e. The number of hydrogen-bond donors (Lipinski definition) is 3. The van der Waals surface area contributed by atoms with Gasteiger partial charge in [-0.25, -0.2) is 4.79 Å². The zero-order chi connectivity index (χ0) is 16.0. The van der Waals surface area contributed by atoms with Gasteiger partial charge >= 0.3 is 11.9 Å². The number of aliphatic carboxylic acids is 2. The monoisotopic (exact) mass is 298 g/mol. The molecule has 1 aromatic carbocycles. The van der Waals surface area contributed by atoms with Crippen molar-refractivity contribution < 1.29 is 29.5 Å². The van der Waals surface area contributed by atoms with Crippen molar-refractivity contribution in [1.29, 1.82) is 0 Å². The average Bonchev–Trinajstić information content (AvgIpc) is 2.37. The lowest BCUT2D eigenvalue weighted by Gasteiger charge is -2.14. The van der Waals surface area contributed by atoms with E-state index in [-0.39, 0.29) is 23.7 Å². The number of benzene rings is 1. The Morgan fingerprint density at radius 1 is 1.38 bits per heavy atom. The zero-order valence-electron chi connectivity index (χ0n) is 11.1. The van der Waals surface area contributed by atoms with Gasteiger partial charge in [-0.05, 0) is 6.92 Å². The number of nitrogens with one attached hydrogen (secondary N) is 1. The first-order valence-corrected chi connectivity index (χ1v) is 5.97. The van der Waals surface area contributed by atoms with Crippen LogP contribution in [0.5, 0.6) is 5.75 Å². The molecule has 1 aromatic rings. The van der Waals surface area contributed by atoms with Gasteiger partial charge in [-0.2, -0.15) is 0 Å². The second-order valence-electron chi connectivity index (χ2n) is 4.04. The predicted octanol–water partition coefficient (Wildman–Crippen LogP) is 1.33. The minimum Gasteiger partial charge on any atom is -0.494 e. The molecule has 1 rings (SSSR count). The van der Waals surface area contributed by atoms with Crippen molar-refractivity contribution in [3.8, 4) is 5.75 Å². The summed E-state index contributed by atoms with van der Waals surface area (Å²) in [4.78, 5) is 31.8. The van der Waals surface area contributed by atoms with E-state index in [9.17, 15) is 19.7 Å². The maximum absolute atomic E-state index is 11.0. The second-order valence-corrected chi connectivity index (χ2v) is 4.04. The molecule has 114 valence electrons. The maximum atomic E-state index is 11.0. The SMILES string of the molecule is CCOc1cc(NC(CC(=O)O)C(=O)O)cc([N+](=O)[O-])c1. The summed E-state index contributed by atoms with van der Waals surface area (Å²) in [5, 5.41) is 30.9. The van der Waals surface area contributed by atoms with Crippen molar-refractivity contribution in [2.24, 2.45) is 0 Å². The molecule has 0 radical (unpaired) electrons. The third kappa shape index (κ3) is 4.97. The molecule has 3 N–H and O–H groups in total. The molecule has 9 nitrogen and oxygen atoms in total. The van der Waals surface area contributed by atoms with Crippen LogP contribution in [0.1, 0.15) is 13.3 Å². The van der Waals surface area contributed by atoms with Crippen LogP contribution in [0.4, 0.5) is 11.4 Å². The van der Waals surface area contributed by atoms with Crippen LogP contribution < -0.4 is 10.1 Å². The van der Waals surface area contributed by atoms with Crippen molar-refractivity contribution >= 4 is 23.3 Å². The minimum absolute atomic E-state index is 0.0984. The van der Waals surface area contributed by atoms with E-state index in [1.165, 1.54) is 12.1 Å². The van der Waals surface area contributed by atoms with Gasteiger partial charge < -0.3 is 20.3 Å². The molecular formula is C12H14N2O7. The normalized spacial score (nSPS) is 11.5. The van der Waals surface area contributed by atoms with E-state index in [4.69, 9.17) is 14.9 Å². The van der Waals surface area contributed by atoms with Crippen molar-refractivity contribution in [3.63, 3.8) is 0 Å². The third-order valence-corrected chi connectivity index (χ3v) is 2.43. The Bertz CT molecular complexity index is 559. The minimum atomic E-state index is -1.40. The highest BCUT2D eigenvalue weighted by Gasteiger charge is 2.22. The molecular weight excluding hydrogens is 284 g/mol. The molecule has 0 aliphatic carbocycles. The van der Waals surface area contributed by atoms with E-state index in [0.717, 1.165) is 6.07 Å². The van der Waals surface area contributed by atoms with Crippen LogP contribution in [-0.2, 0) is 9.59 Å². The number of hydrogen-bond acceptors (Lipinski definition) is 6. The molecule has 9 heteroatoms. The molecule has 0 aromatic heterocycles. The fourth-order valence-electron chi connectivity index (χ4n) is 1.60. The van der Waals surface area contributed by atoms with Gasteiger partial charge in [0.05, 0.1) is 24.0 Å². The molecule has 1 atom stereocenters. The summed E-state index contributed by atoms with van der Waals surface area (Å²) in [6, 6.07) is 2.27. The van der Waals surface area contributed by atoms with Crippen LogP contribution in [-0.4, -0.2) is 39.7 Å². The number of anilines is 1. The average molecular weight is 298 g/mol. The molecule has 21 heavy (non-hydrogen) atoms. The van der Waals surface area contributed by atoms with E-state index in [1.54, 1.807) is 6.92 Å². The van der Waals surface area contributed by atoms with Crippen molar-refractivity contribution in [3.05, 3.63) is 28.3 Å². The summed E-state index contributed by atoms with van der Waals surface area (Å²) in [6.07, 6.45) is -0.665. The Morgan fingerprint density at radius 2 is 2.05 bits per heavy atom. The quantitative estimate of drug-likeness (QED) is 0.482. The fraction of sp³-hybridized carbons (Fsp3) is 0.333. The van der Waals surface area contributed by atoms with Crippen molar-refractivity contribution in [2.45, 2.75) is 19.4 Å². The van der Waals surface area contributed by atoms with Crippen molar-refractivity contribution in [1.82, 2.24) is 0 Å². The Hall–Kier alpha value is -2.84. The lowest BCUT2D eigenvalue weighted by atomic mass is 10.2. The van der Waals surface area contributed by atoms with Gasteiger partial charge in [0.15, 0.2) is 0 Å². The molecule has 0 saturated carbocycles. The van der Waals surface area contributed by atoms with Gasteiger partial charge in [0.25, 0.3) is 5.69 Å². The Morgan fingerprint density at radius 3 is 2.52 bits per heavy atom. The van der Waals surface area contributed by atoms with Gasteiger partial charge in [0.1, 0.15) is 11.8 Å². The third-order valence-electron chi connectivity index (χ3n) is 2.43. The summed E-state index contributed by atoms with van der Waals surface area (Å²) >= 11 is 0. The molecule has 0 bridgehead atoms. The lowest BCUT2D eigenvalue weighted by molar-refractivity contribution is -0.384. The molecule has 0 aliphatic heterocycles. The highest BCUT2D eigenvalue weighted by molar-refractivity contribution is 5.83. The van der Waals surface area contributed by atoms with Gasteiger partial charge in [0, 0.05) is 17.8 Å². The molecule has 0 spiro atoms. The van der Waals surface area contributed by atoms with Crippen LogP contribution in [0.3, 0.4) is 0 Å². The standard InChI is InChI=1S/C12H14N2O7/c1-2-21-9-4-7(3-8(5-9)14(19)20)13-10(12(17)18)6-11(15)16/h3-5,10,13H,2,6H2,1H3,(H,15,16)(H,17,18). The highest BCUT2D eigenvalue weighted by atomic mass is 16.6. The molecule has 1 unspecified atom stereocenters. The number of nitro groups is 1. The molecule has 0 saturated heterocycles. The Kier molecular flexibility index (Phi) is 5.47. The molecule has 0 fully saturated rings. The van der Waals surface area contributed by atoms with E-state index in [1.807, 2.05) is 0 Å². The summed E-state index contributed by atoms with van der Waals surface area (Å²) < 4.78 is 5.15. The van der Waals surface area contributed by atoms with Gasteiger partial charge in [0.2, 0.25) is 0 Å². The van der Waals surface area contributed by atoms with Gasteiger partial charge in [-0.1, -0.05) is 0 Å². The second kappa shape index (κ2) is 7.08. The topological polar surface area (TPSA) is 139 Å². The number of carboxylic acids is 2. The van der Waals surface area contributed by atoms with Crippen LogP contribution in [0.15, 0.2) is 18.2 Å². The predicted molar refractivity (Wildman–Crippen MR) is 71.6 cm³/mol. The van der Waals surface area contributed by atoms with E-state index >= 15 is 0 Å². The highest BCUT2D eigenvalue weighted by Crippen LogP contribution is 2.26. The summed E-state index contributed by atoms with van der Waals surface area (Å²) in [5.74, 6) is -2.49. The van der Waals surface area contributed by atoms with Crippen LogP contribution in [0.2, 0.25) is 0 Å². The summed E-state index contributed by atoms with van der Waals surface area (Å²) in [6.45, 7) is 1.97.